The summed E-state index contributed by atoms with van der Waals surface area (Å²) in [6.45, 7) is 0.160. The van der Waals surface area contributed by atoms with Gasteiger partial charge in [0.2, 0.25) is 0 Å². The fourth-order valence-corrected chi connectivity index (χ4v) is 2.24. The number of nitrogens with two attached hydrogens (primary N) is 1. The average Bonchev–Trinajstić information content (AvgIpc) is 2.29. The highest BCUT2D eigenvalue weighted by molar-refractivity contribution is 7.99. The van der Waals surface area contributed by atoms with Crippen molar-refractivity contribution in [3.63, 3.8) is 0 Å². The van der Waals surface area contributed by atoms with E-state index in [4.69, 9.17) is 5.73 Å². The van der Waals surface area contributed by atoms with Gasteiger partial charge < -0.3 is 10.5 Å². The zero-order valence-electron chi connectivity index (χ0n) is 9.03. The number of methoxy groups -OCH3 is 1. The molecule has 0 aliphatic heterocycles. The zero-order chi connectivity index (χ0) is 12.0. The van der Waals surface area contributed by atoms with Gasteiger partial charge in [-0.3, -0.25) is 4.79 Å². The summed E-state index contributed by atoms with van der Waals surface area (Å²) in [6.07, 6.45) is 0.307. The van der Waals surface area contributed by atoms with Crippen molar-refractivity contribution in [2.45, 2.75) is 17.9 Å². The predicted octanol–water partition coefficient (Wildman–Crippen LogP) is 1.94. The van der Waals surface area contributed by atoms with Crippen LogP contribution in [0.25, 0.3) is 0 Å². The van der Waals surface area contributed by atoms with Gasteiger partial charge in [0, 0.05) is 22.8 Å². The van der Waals surface area contributed by atoms with Crippen molar-refractivity contribution in [3.05, 3.63) is 29.6 Å². The van der Waals surface area contributed by atoms with E-state index < -0.39 is 0 Å². The standard InChI is InChI=1S/C11H14FNO2S/c1-15-11(14)5-6-16-10-4-2-3-9(12)8(10)7-13/h2-4H,5-7,13H2,1H3. The van der Waals surface area contributed by atoms with Crippen molar-refractivity contribution in [1.29, 1.82) is 0 Å². The maximum atomic E-state index is 13.3. The molecule has 0 bridgehead atoms. The van der Waals surface area contributed by atoms with Gasteiger partial charge in [0.25, 0.3) is 0 Å². The summed E-state index contributed by atoms with van der Waals surface area (Å²) in [5.74, 6) is -0.00730. The van der Waals surface area contributed by atoms with E-state index in [1.54, 1.807) is 12.1 Å². The summed E-state index contributed by atoms with van der Waals surface area (Å²) in [5.41, 5.74) is 5.96. The van der Waals surface area contributed by atoms with Crippen LogP contribution >= 0.6 is 11.8 Å². The second kappa shape index (κ2) is 6.50. The molecule has 0 aliphatic rings. The van der Waals surface area contributed by atoms with E-state index in [0.29, 0.717) is 17.7 Å². The third-order valence-corrected chi connectivity index (χ3v) is 3.17. The number of thioether (sulfide) groups is 1. The Morgan fingerprint density at radius 1 is 1.56 bits per heavy atom. The number of benzene rings is 1. The van der Waals surface area contributed by atoms with Gasteiger partial charge in [0.15, 0.2) is 0 Å². The Bertz CT molecular complexity index is 371. The van der Waals surface area contributed by atoms with Crippen molar-refractivity contribution < 1.29 is 13.9 Å². The summed E-state index contributed by atoms with van der Waals surface area (Å²) in [4.78, 5) is 11.7. The van der Waals surface area contributed by atoms with Crippen molar-refractivity contribution in [2.24, 2.45) is 5.73 Å². The van der Waals surface area contributed by atoms with Gasteiger partial charge in [-0.1, -0.05) is 6.07 Å². The number of hydrogen-bond acceptors (Lipinski definition) is 4. The lowest BCUT2D eigenvalue weighted by Crippen LogP contribution is -2.04. The van der Waals surface area contributed by atoms with Crippen molar-refractivity contribution >= 4 is 17.7 Å². The van der Waals surface area contributed by atoms with Gasteiger partial charge in [-0.25, -0.2) is 4.39 Å². The molecule has 16 heavy (non-hydrogen) atoms. The summed E-state index contributed by atoms with van der Waals surface area (Å²) in [7, 11) is 1.35. The van der Waals surface area contributed by atoms with Crippen LogP contribution in [-0.2, 0) is 16.1 Å². The molecule has 0 amide bonds. The van der Waals surface area contributed by atoms with E-state index in [0.717, 1.165) is 4.90 Å². The Morgan fingerprint density at radius 3 is 2.94 bits per heavy atom. The molecule has 0 spiro atoms. The molecule has 1 rings (SSSR count). The van der Waals surface area contributed by atoms with Crippen LogP contribution in [0.15, 0.2) is 23.1 Å². The molecule has 3 nitrogen and oxygen atoms in total. The first-order valence-electron chi connectivity index (χ1n) is 4.86. The molecule has 2 N–H and O–H groups in total. The van der Waals surface area contributed by atoms with Crippen LogP contribution in [0, 0.1) is 5.82 Å². The molecule has 0 aromatic heterocycles. The maximum absolute atomic E-state index is 13.3. The lowest BCUT2D eigenvalue weighted by molar-refractivity contribution is -0.140. The highest BCUT2D eigenvalue weighted by Crippen LogP contribution is 2.25. The largest absolute Gasteiger partial charge is 0.469 e. The van der Waals surface area contributed by atoms with Gasteiger partial charge >= 0.3 is 5.97 Å². The number of carbonyl (C=O) groups excluding carboxylic acids is 1. The Kier molecular flexibility index (Phi) is 5.28. The van der Waals surface area contributed by atoms with E-state index in [1.165, 1.54) is 24.9 Å². The molecule has 0 saturated carbocycles. The fraction of sp³-hybridized carbons (Fsp3) is 0.364. The molecule has 0 heterocycles. The van der Waals surface area contributed by atoms with Gasteiger partial charge in [0.1, 0.15) is 5.82 Å². The zero-order valence-corrected chi connectivity index (χ0v) is 9.85. The van der Waals surface area contributed by atoms with Crippen LogP contribution in [0.3, 0.4) is 0 Å². The molecule has 0 unspecified atom stereocenters. The van der Waals surface area contributed by atoms with Gasteiger partial charge in [-0.15, -0.1) is 11.8 Å². The lowest BCUT2D eigenvalue weighted by Gasteiger charge is -2.07. The second-order valence-electron chi connectivity index (χ2n) is 3.10. The third kappa shape index (κ3) is 3.50. The van der Waals surface area contributed by atoms with E-state index in [2.05, 4.69) is 4.74 Å². The molecule has 0 aliphatic carbocycles. The number of rotatable bonds is 5. The average molecular weight is 243 g/mol. The Hall–Kier alpha value is -1.07. The number of esters is 1. The molecule has 88 valence electrons. The number of carbonyl (C=O) groups is 1. The van der Waals surface area contributed by atoms with E-state index in [1.807, 2.05) is 0 Å². The molecule has 0 saturated heterocycles. The summed E-state index contributed by atoms with van der Waals surface area (Å²) >= 11 is 1.41. The second-order valence-corrected chi connectivity index (χ2v) is 4.23. The van der Waals surface area contributed by atoms with Crippen LogP contribution < -0.4 is 5.73 Å². The number of halogens is 1. The predicted molar refractivity (Wildman–Crippen MR) is 61.6 cm³/mol. The smallest absolute Gasteiger partial charge is 0.306 e. The third-order valence-electron chi connectivity index (χ3n) is 2.07. The highest BCUT2D eigenvalue weighted by Gasteiger charge is 2.08. The minimum atomic E-state index is -0.300. The van der Waals surface area contributed by atoms with Crippen molar-refractivity contribution in [1.82, 2.24) is 0 Å². The van der Waals surface area contributed by atoms with Crippen molar-refractivity contribution in [3.8, 4) is 0 Å². The summed E-state index contributed by atoms with van der Waals surface area (Å²) in [6, 6.07) is 4.81. The molecule has 1 aromatic carbocycles. The minimum absolute atomic E-state index is 0.160. The Morgan fingerprint density at radius 2 is 2.31 bits per heavy atom. The van der Waals surface area contributed by atoms with Crippen LogP contribution in [0.1, 0.15) is 12.0 Å². The van der Waals surface area contributed by atoms with E-state index in [-0.39, 0.29) is 18.3 Å². The first-order valence-corrected chi connectivity index (χ1v) is 5.84. The van der Waals surface area contributed by atoms with Crippen molar-refractivity contribution in [2.75, 3.05) is 12.9 Å². The molecular weight excluding hydrogens is 229 g/mol. The van der Waals surface area contributed by atoms with E-state index in [9.17, 15) is 9.18 Å². The van der Waals surface area contributed by atoms with Gasteiger partial charge in [-0.2, -0.15) is 0 Å². The summed E-state index contributed by atoms with van der Waals surface area (Å²) in [5, 5.41) is 0. The topological polar surface area (TPSA) is 52.3 Å². The Balaban J connectivity index is 2.60. The minimum Gasteiger partial charge on any atom is -0.469 e. The molecular formula is C11H14FNO2S. The first kappa shape index (κ1) is 13.0. The van der Waals surface area contributed by atoms with Gasteiger partial charge in [0.05, 0.1) is 13.5 Å². The monoisotopic (exact) mass is 243 g/mol. The van der Waals surface area contributed by atoms with E-state index >= 15 is 0 Å². The fourth-order valence-electron chi connectivity index (χ4n) is 1.22. The highest BCUT2D eigenvalue weighted by atomic mass is 32.2. The van der Waals surface area contributed by atoms with Crippen LogP contribution in [0.2, 0.25) is 0 Å². The SMILES string of the molecule is COC(=O)CCSc1cccc(F)c1CN. The summed E-state index contributed by atoms with van der Waals surface area (Å²) < 4.78 is 17.8. The molecule has 5 heteroatoms. The maximum Gasteiger partial charge on any atom is 0.306 e. The quantitative estimate of drug-likeness (QED) is 0.634. The first-order chi connectivity index (χ1) is 7.69. The van der Waals surface area contributed by atoms with Crippen LogP contribution in [0.5, 0.6) is 0 Å². The molecule has 0 radical (unpaired) electrons. The van der Waals surface area contributed by atoms with Gasteiger partial charge in [-0.05, 0) is 12.1 Å². The molecule has 1 aromatic rings. The number of hydrogen-bond donors (Lipinski definition) is 1. The molecule has 0 fully saturated rings. The Labute approximate surface area is 98.2 Å². The molecule has 0 atom stereocenters. The lowest BCUT2D eigenvalue weighted by atomic mass is 10.2. The number of ether oxygens (including phenoxy) is 1. The normalized spacial score (nSPS) is 10.2. The van der Waals surface area contributed by atoms with Crippen LogP contribution in [-0.4, -0.2) is 18.8 Å². The van der Waals surface area contributed by atoms with Crippen LogP contribution in [0.4, 0.5) is 4.39 Å².